The monoisotopic (exact) mass is 263 g/mol. The minimum absolute atomic E-state index is 0.104. The summed E-state index contributed by atoms with van der Waals surface area (Å²) in [6, 6.07) is 9.81. The molecule has 0 bridgehead atoms. The number of nitrogens with zero attached hydrogens (tertiary/aromatic N) is 1. The first kappa shape index (κ1) is 14.0. The molecule has 0 amide bonds. The van der Waals surface area contributed by atoms with E-state index in [9.17, 15) is 9.90 Å². The smallest absolute Gasteiger partial charge is 0.333 e. The lowest BCUT2D eigenvalue weighted by Gasteiger charge is -2.25. The van der Waals surface area contributed by atoms with Crippen LogP contribution in [0.5, 0.6) is 0 Å². The molecule has 0 aromatic heterocycles. The number of carboxylic acid groups (broad SMARTS) is 1. The highest BCUT2D eigenvalue weighted by atomic mass is 16.5. The third kappa shape index (κ3) is 3.55. The molecular weight excluding hydrogens is 242 g/mol. The van der Waals surface area contributed by atoms with E-state index in [1.807, 2.05) is 30.3 Å². The minimum atomic E-state index is -0.868. The van der Waals surface area contributed by atoms with Crippen LogP contribution in [-0.4, -0.2) is 48.3 Å². The fourth-order valence-electron chi connectivity index (χ4n) is 2.63. The molecule has 104 valence electrons. The normalized spacial score (nSPS) is 24.9. The molecule has 2 atom stereocenters. The van der Waals surface area contributed by atoms with Gasteiger partial charge in [-0.25, -0.2) is 4.79 Å². The fraction of sp³-hybridized carbons (Fsp3) is 0.533. The molecule has 19 heavy (non-hydrogen) atoms. The van der Waals surface area contributed by atoms with Crippen LogP contribution in [0.4, 0.5) is 0 Å². The Bertz CT molecular complexity index is 407. The van der Waals surface area contributed by atoms with Crippen LogP contribution in [0.15, 0.2) is 30.3 Å². The van der Waals surface area contributed by atoms with Crippen LogP contribution in [0, 0.1) is 0 Å². The molecule has 0 spiro atoms. The van der Waals surface area contributed by atoms with Crippen LogP contribution in [0.1, 0.15) is 24.8 Å². The summed E-state index contributed by atoms with van der Waals surface area (Å²) in [4.78, 5) is 13.7. The Hall–Kier alpha value is -1.39. The Balaban J connectivity index is 2.23. The molecule has 1 heterocycles. The summed E-state index contributed by atoms with van der Waals surface area (Å²) in [6.45, 7) is 5.16. The van der Waals surface area contributed by atoms with E-state index >= 15 is 0 Å². The first-order chi connectivity index (χ1) is 9.22. The average Bonchev–Trinajstić information content (AvgIpc) is 2.63. The first-order valence-corrected chi connectivity index (χ1v) is 6.84. The minimum Gasteiger partial charge on any atom is -0.479 e. The number of aliphatic carboxylic acids is 1. The van der Waals surface area contributed by atoms with Crippen molar-refractivity contribution < 1.29 is 14.6 Å². The molecule has 1 aliphatic heterocycles. The molecule has 1 N–H and O–H groups in total. The van der Waals surface area contributed by atoms with Crippen molar-refractivity contribution in [1.29, 1.82) is 0 Å². The van der Waals surface area contributed by atoms with Crippen LogP contribution in [0.3, 0.4) is 0 Å². The van der Waals surface area contributed by atoms with Crippen molar-refractivity contribution in [2.24, 2.45) is 0 Å². The van der Waals surface area contributed by atoms with E-state index in [2.05, 4.69) is 11.8 Å². The molecule has 4 nitrogen and oxygen atoms in total. The van der Waals surface area contributed by atoms with Gasteiger partial charge in [0.05, 0.1) is 6.61 Å². The van der Waals surface area contributed by atoms with Gasteiger partial charge in [-0.2, -0.15) is 0 Å². The lowest BCUT2D eigenvalue weighted by atomic mass is 9.92. The number of rotatable bonds is 4. The van der Waals surface area contributed by atoms with Crippen LogP contribution < -0.4 is 0 Å². The second-order valence-electron chi connectivity index (χ2n) is 4.95. The molecule has 0 saturated carbocycles. The predicted molar refractivity (Wildman–Crippen MR) is 73.3 cm³/mol. The highest BCUT2D eigenvalue weighted by Gasteiger charge is 2.33. The van der Waals surface area contributed by atoms with E-state index in [1.54, 1.807) is 0 Å². The van der Waals surface area contributed by atoms with Crippen molar-refractivity contribution in [3.05, 3.63) is 35.9 Å². The van der Waals surface area contributed by atoms with Crippen molar-refractivity contribution in [2.75, 3.05) is 26.2 Å². The molecule has 1 aromatic rings. The number of hydrogen-bond donors (Lipinski definition) is 1. The highest BCUT2D eigenvalue weighted by Crippen LogP contribution is 2.26. The van der Waals surface area contributed by atoms with Crippen LogP contribution in [-0.2, 0) is 9.53 Å². The SMILES string of the molecule is CCCN1CCOC(C(=O)O)C(c2ccccc2)C1. The van der Waals surface area contributed by atoms with Crippen LogP contribution in [0.2, 0.25) is 0 Å². The summed E-state index contributed by atoms with van der Waals surface area (Å²) < 4.78 is 5.57. The zero-order chi connectivity index (χ0) is 13.7. The Morgan fingerprint density at radius 2 is 2.16 bits per heavy atom. The summed E-state index contributed by atoms with van der Waals surface area (Å²) in [6.07, 6.45) is 0.323. The van der Waals surface area contributed by atoms with Crippen molar-refractivity contribution in [1.82, 2.24) is 4.90 Å². The Labute approximate surface area is 114 Å². The van der Waals surface area contributed by atoms with Crippen LogP contribution in [0.25, 0.3) is 0 Å². The zero-order valence-electron chi connectivity index (χ0n) is 11.3. The maximum absolute atomic E-state index is 11.4. The van der Waals surface area contributed by atoms with Gasteiger partial charge in [-0.15, -0.1) is 0 Å². The maximum Gasteiger partial charge on any atom is 0.333 e. The Kier molecular flexibility index (Phi) is 4.93. The van der Waals surface area contributed by atoms with Gasteiger partial charge in [0.1, 0.15) is 0 Å². The topological polar surface area (TPSA) is 49.8 Å². The highest BCUT2D eigenvalue weighted by molar-refractivity contribution is 5.74. The van der Waals surface area contributed by atoms with Gasteiger partial charge in [0.15, 0.2) is 6.10 Å². The van der Waals surface area contributed by atoms with Gasteiger partial charge in [0.2, 0.25) is 0 Å². The molecular formula is C15H21NO3. The number of benzene rings is 1. The molecule has 0 aliphatic carbocycles. The lowest BCUT2D eigenvalue weighted by Crippen LogP contribution is -2.35. The average molecular weight is 263 g/mol. The third-order valence-electron chi connectivity index (χ3n) is 3.54. The standard InChI is InChI=1S/C15H21NO3/c1-2-8-16-9-10-19-14(15(17)18)13(11-16)12-6-4-3-5-7-12/h3-7,13-14H,2,8-11H2,1H3,(H,17,18). The molecule has 1 fully saturated rings. The summed E-state index contributed by atoms with van der Waals surface area (Å²) in [5, 5.41) is 9.37. The van der Waals surface area contributed by atoms with E-state index < -0.39 is 12.1 Å². The van der Waals surface area contributed by atoms with Crippen molar-refractivity contribution >= 4 is 5.97 Å². The summed E-state index contributed by atoms with van der Waals surface area (Å²) in [5.74, 6) is -0.972. The molecule has 2 rings (SSSR count). The van der Waals surface area contributed by atoms with Gasteiger partial charge in [-0.1, -0.05) is 37.3 Å². The van der Waals surface area contributed by atoms with Crippen molar-refractivity contribution in [3.63, 3.8) is 0 Å². The molecule has 1 aliphatic rings. The quantitative estimate of drug-likeness (QED) is 0.902. The second-order valence-corrected chi connectivity index (χ2v) is 4.95. The predicted octanol–water partition coefficient (Wildman–Crippen LogP) is 1.97. The first-order valence-electron chi connectivity index (χ1n) is 6.84. The third-order valence-corrected chi connectivity index (χ3v) is 3.54. The van der Waals surface area contributed by atoms with E-state index in [0.717, 1.165) is 31.6 Å². The second kappa shape index (κ2) is 6.68. The van der Waals surface area contributed by atoms with Crippen LogP contribution >= 0.6 is 0 Å². The van der Waals surface area contributed by atoms with E-state index in [4.69, 9.17) is 4.74 Å². The molecule has 1 saturated heterocycles. The lowest BCUT2D eigenvalue weighted by molar-refractivity contribution is -0.151. The van der Waals surface area contributed by atoms with Gasteiger partial charge < -0.3 is 14.7 Å². The Morgan fingerprint density at radius 3 is 2.79 bits per heavy atom. The zero-order valence-corrected chi connectivity index (χ0v) is 11.3. The van der Waals surface area contributed by atoms with Gasteiger partial charge >= 0.3 is 5.97 Å². The Morgan fingerprint density at radius 1 is 1.42 bits per heavy atom. The number of carbonyl (C=O) groups is 1. The maximum atomic E-state index is 11.4. The molecule has 1 aromatic carbocycles. The largest absolute Gasteiger partial charge is 0.479 e. The van der Waals surface area contributed by atoms with Gasteiger partial charge in [0.25, 0.3) is 0 Å². The van der Waals surface area contributed by atoms with E-state index in [-0.39, 0.29) is 5.92 Å². The van der Waals surface area contributed by atoms with Gasteiger partial charge in [0, 0.05) is 19.0 Å². The summed E-state index contributed by atoms with van der Waals surface area (Å²) in [7, 11) is 0. The van der Waals surface area contributed by atoms with Gasteiger partial charge in [-0.3, -0.25) is 0 Å². The van der Waals surface area contributed by atoms with Crippen molar-refractivity contribution in [3.8, 4) is 0 Å². The summed E-state index contributed by atoms with van der Waals surface area (Å²) >= 11 is 0. The van der Waals surface area contributed by atoms with Crippen molar-refractivity contribution in [2.45, 2.75) is 25.4 Å². The number of hydrogen-bond acceptors (Lipinski definition) is 3. The fourth-order valence-corrected chi connectivity index (χ4v) is 2.63. The number of carboxylic acids is 1. The number of ether oxygens (including phenoxy) is 1. The molecule has 4 heteroatoms. The molecule has 2 unspecified atom stereocenters. The van der Waals surface area contributed by atoms with E-state index in [0.29, 0.717) is 6.61 Å². The summed E-state index contributed by atoms with van der Waals surface area (Å²) in [5.41, 5.74) is 1.04. The van der Waals surface area contributed by atoms with Gasteiger partial charge in [-0.05, 0) is 18.5 Å². The van der Waals surface area contributed by atoms with E-state index in [1.165, 1.54) is 0 Å². The molecule has 0 radical (unpaired) electrons.